The van der Waals surface area contributed by atoms with Crippen molar-refractivity contribution in [1.29, 1.82) is 0 Å². The fraction of sp³-hybridized carbons (Fsp3) is 0.600. The second-order valence-electron chi connectivity index (χ2n) is 6.61. The Morgan fingerprint density at radius 3 is 2.85 bits per heavy atom. The van der Waals surface area contributed by atoms with Crippen LogP contribution in [0.1, 0.15) is 27.0 Å². The zero-order chi connectivity index (χ0) is 18.6. The molecule has 4 heterocycles. The van der Waals surface area contributed by atoms with E-state index in [0.29, 0.717) is 15.9 Å². The molecular formula is C15H18BrN5O5. The number of nitrogen functional groups attached to an aromatic ring is 1. The van der Waals surface area contributed by atoms with Crippen LogP contribution in [0, 0.1) is 0 Å². The summed E-state index contributed by atoms with van der Waals surface area (Å²) >= 11 is 3.43. The van der Waals surface area contributed by atoms with Gasteiger partial charge < -0.3 is 24.7 Å². The van der Waals surface area contributed by atoms with Crippen LogP contribution in [-0.4, -0.2) is 56.2 Å². The number of esters is 1. The lowest BCUT2D eigenvalue weighted by atomic mass is 10.1. The molecule has 0 saturated carbocycles. The molecule has 2 fully saturated rings. The quantitative estimate of drug-likeness (QED) is 0.566. The number of ether oxygens (including phenoxy) is 4. The highest BCUT2D eigenvalue weighted by Gasteiger charge is 2.56. The van der Waals surface area contributed by atoms with Crippen molar-refractivity contribution in [3.63, 3.8) is 0 Å². The summed E-state index contributed by atoms with van der Waals surface area (Å²) in [4.78, 5) is 23.8. The molecule has 0 bridgehead atoms. The van der Waals surface area contributed by atoms with E-state index in [2.05, 4.69) is 30.9 Å². The summed E-state index contributed by atoms with van der Waals surface area (Å²) in [5.41, 5.74) is 6.86. The molecule has 26 heavy (non-hydrogen) atoms. The van der Waals surface area contributed by atoms with Crippen LogP contribution in [0.2, 0.25) is 0 Å². The van der Waals surface area contributed by atoms with Crippen LogP contribution in [0.15, 0.2) is 11.1 Å². The second-order valence-corrected chi connectivity index (χ2v) is 7.32. The second kappa shape index (κ2) is 6.12. The summed E-state index contributed by atoms with van der Waals surface area (Å²) in [5, 5.41) is 0. The van der Waals surface area contributed by atoms with E-state index >= 15 is 0 Å². The first kappa shape index (κ1) is 17.6. The molecule has 10 nitrogen and oxygen atoms in total. The Hall–Kier alpha value is -1.82. The highest BCUT2D eigenvalue weighted by atomic mass is 79.9. The Bertz CT molecular complexity index is 871. The Morgan fingerprint density at radius 1 is 1.38 bits per heavy atom. The van der Waals surface area contributed by atoms with Crippen molar-refractivity contribution < 1.29 is 23.7 Å². The molecule has 0 unspecified atom stereocenters. The molecule has 2 aliphatic heterocycles. The van der Waals surface area contributed by atoms with E-state index in [1.807, 2.05) is 13.8 Å². The summed E-state index contributed by atoms with van der Waals surface area (Å²) in [6.07, 6.45) is -0.551. The number of halogens is 1. The minimum absolute atomic E-state index is 0.0633. The Balaban J connectivity index is 1.73. The molecule has 2 aromatic heterocycles. The third kappa shape index (κ3) is 2.84. The van der Waals surface area contributed by atoms with Gasteiger partial charge in [0, 0.05) is 6.92 Å². The van der Waals surface area contributed by atoms with Crippen molar-refractivity contribution in [2.24, 2.45) is 0 Å². The van der Waals surface area contributed by atoms with Gasteiger partial charge in [-0.1, -0.05) is 0 Å². The van der Waals surface area contributed by atoms with Gasteiger partial charge in [0.05, 0.1) is 0 Å². The maximum Gasteiger partial charge on any atom is 0.302 e. The predicted molar refractivity (Wildman–Crippen MR) is 91.8 cm³/mol. The van der Waals surface area contributed by atoms with Gasteiger partial charge in [-0.05, 0) is 29.8 Å². The molecule has 2 N–H and O–H groups in total. The normalized spacial score (nSPS) is 29.8. The van der Waals surface area contributed by atoms with Gasteiger partial charge in [-0.3, -0.25) is 9.36 Å². The maximum atomic E-state index is 11.2. The number of hydrogen-bond acceptors (Lipinski definition) is 9. The average molecular weight is 428 g/mol. The van der Waals surface area contributed by atoms with Crippen molar-refractivity contribution >= 4 is 38.9 Å². The van der Waals surface area contributed by atoms with Crippen LogP contribution in [0.5, 0.6) is 0 Å². The van der Waals surface area contributed by atoms with Crippen LogP contribution in [-0.2, 0) is 23.7 Å². The van der Waals surface area contributed by atoms with E-state index < -0.39 is 30.3 Å². The summed E-state index contributed by atoms with van der Waals surface area (Å²) in [5.74, 6) is -0.908. The average Bonchev–Trinajstić information content (AvgIpc) is 3.14. The van der Waals surface area contributed by atoms with Gasteiger partial charge >= 0.3 is 5.97 Å². The number of rotatable bonds is 3. The van der Waals surface area contributed by atoms with E-state index in [0.717, 1.165) is 0 Å². The van der Waals surface area contributed by atoms with E-state index in [-0.39, 0.29) is 18.4 Å². The number of imidazole rings is 1. The third-order valence-electron chi connectivity index (χ3n) is 4.29. The van der Waals surface area contributed by atoms with Gasteiger partial charge in [0.1, 0.15) is 31.2 Å². The lowest BCUT2D eigenvalue weighted by Crippen LogP contribution is -2.33. The van der Waals surface area contributed by atoms with E-state index in [4.69, 9.17) is 24.7 Å². The van der Waals surface area contributed by atoms with Gasteiger partial charge in [-0.25, -0.2) is 15.0 Å². The number of carbonyl (C=O) groups excluding carboxylic acids is 1. The van der Waals surface area contributed by atoms with E-state index in [1.54, 1.807) is 4.57 Å². The van der Waals surface area contributed by atoms with Gasteiger partial charge in [-0.15, -0.1) is 0 Å². The lowest BCUT2D eigenvalue weighted by Gasteiger charge is -2.25. The smallest absolute Gasteiger partial charge is 0.302 e. The van der Waals surface area contributed by atoms with Crippen LogP contribution in [0.4, 0.5) is 5.82 Å². The fourth-order valence-corrected chi connectivity index (χ4v) is 3.87. The SMILES string of the molecule is CC(=O)OC[C@@H]1O[C@@H](n2c(Br)nc3c(N)ncnc32)[C@H]2OC(C)(C)O[C@H]21. The number of aromatic nitrogens is 4. The van der Waals surface area contributed by atoms with Crippen LogP contribution in [0.3, 0.4) is 0 Å². The predicted octanol–water partition coefficient (Wildman–Crippen LogP) is 1.15. The molecule has 2 aromatic rings. The molecule has 0 amide bonds. The Kier molecular flexibility index (Phi) is 4.14. The number of anilines is 1. The maximum absolute atomic E-state index is 11.2. The summed E-state index contributed by atoms with van der Waals surface area (Å²) in [6, 6.07) is 0. The van der Waals surface area contributed by atoms with Gasteiger partial charge in [0.25, 0.3) is 0 Å². The monoisotopic (exact) mass is 427 g/mol. The number of nitrogens with two attached hydrogens (primary N) is 1. The minimum atomic E-state index is -0.789. The number of nitrogens with zero attached hydrogens (tertiary/aromatic N) is 4. The van der Waals surface area contributed by atoms with Crippen molar-refractivity contribution in [2.75, 3.05) is 12.3 Å². The number of hydrogen-bond donors (Lipinski definition) is 1. The zero-order valence-corrected chi connectivity index (χ0v) is 16.0. The molecule has 140 valence electrons. The standard InChI is InChI=1S/C15H18BrN5O5/c1-6(22)23-4-7-9-10(26-15(2,3)25-9)13(24-7)21-12-8(20-14(21)16)11(17)18-5-19-12/h5,7,9-10,13H,4H2,1-3H3,(H2,17,18,19)/t7-,9-,10-,13+/m0/s1. The van der Waals surface area contributed by atoms with Gasteiger partial charge in [0.15, 0.2) is 33.7 Å². The Morgan fingerprint density at radius 2 is 2.12 bits per heavy atom. The van der Waals surface area contributed by atoms with Crippen LogP contribution < -0.4 is 5.73 Å². The first-order chi connectivity index (χ1) is 12.3. The zero-order valence-electron chi connectivity index (χ0n) is 14.4. The third-order valence-corrected chi connectivity index (χ3v) is 4.85. The highest BCUT2D eigenvalue weighted by molar-refractivity contribution is 9.10. The molecule has 2 saturated heterocycles. The van der Waals surface area contributed by atoms with E-state index in [9.17, 15) is 4.79 Å². The lowest BCUT2D eigenvalue weighted by molar-refractivity contribution is -0.202. The number of carbonyl (C=O) groups is 1. The molecule has 0 spiro atoms. The van der Waals surface area contributed by atoms with Crippen molar-refractivity contribution in [1.82, 2.24) is 19.5 Å². The number of fused-ring (bicyclic) bond motifs is 2. The molecule has 0 aromatic carbocycles. The topological polar surface area (TPSA) is 124 Å². The molecule has 0 aliphatic carbocycles. The highest BCUT2D eigenvalue weighted by Crippen LogP contribution is 2.45. The van der Waals surface area contributed by atoms with E-state index in [1.165, 1.54) is 13.3 Å². The first-order valence-corrected chi connectivity index (χ1v) is 8.84. The molecule has 11 heteroatoms. The minimum Gasteiger partial charge on any atom is -0.463 e. The van der Waals surface area contributed by atoms with Crippen molar-refractivity contribution in [3.8, 4) is 0 Å². The first-order valence-electron chi connectivity index (χ1n) is 8.05. The van der Waals surface area contributed by atoms with Crippen LogP contribution >= 0.6 is 15.9 Å². The van der Waals surface area contributed by atoms with Crippen LogP contribution in [0.25, 0.3) is 11.2 Å². The molecule has 0 radical (unpaired) electrons. The molecule has 2 aliphatic rings. The summed E-state index contributed by atoms with van der Waals surface area (Å²) in [6.45, 7) is 5.06. The van der Waals surface area contributed by atoms with Crippen molar-refractivity contribution in [2.45, 2.75) is 51.1 Å². The largest absolute Gasteiger partial charge is 0.463 e. The van der Waals surface area contributed by atoms with Gasteiger partial charge in [0.2, 0.25) is 0 Å². The van der Waals surface area contributed by atoms with Gasteiger partial charge in [-0.2, -0.15) is 0 Å². The Labute approximate surface area is 157 Å². The van der Waals surface area contributed by atoms with Crippen molar-refractivity contribution in [3.05, 3.63) is 11.1 Å². The fourth-order valence-electron chi connectivity index (χ4n) is 3.33. The molecule has 4 rings (SSSR count). The summed E-state index contributed by atoms with van der Waals surface area (Å²) < 4.78 is 25.5. The summed E-state index contributed by atoms with van der Waals surface area (Å²) in [7, 11) is 0. The molecular weight excluding hydrogens is 410 g/mol. The molecule has 4 atom stereocenters.